The Kier molecular flexibility index (Phi) is 6.99. The quantitative estimate of drug-likeness (QED) is 0.567. The van der Waals surface area contributed by atoms with E-state index >= 15 is 0 Å². The maximum absolute atomic E-state index is 12.1. The van der Waals surface area contributed by atoms with Crippen molar-refractivity contribution in [3.8, 4) is 0 Å². The van der Waals surface area contributed by atoms with Gasteiger partial charge in [0.05, 0.1) is 0 Å². The van der Waals surface area contributed by atoms with Gasteiger partial charge in [-0.3, -0.25) is 20.4 Å². The number of ether oxygens (including phenoxy) is 1. The Balaban J connectivity index is 1.80. The van der Waals surface area contributed by atoms with Crippen molar-refractivity contribution in [3.05, 3.63) is 53.9 Å². The zero-order valence-corrected chi connectivity index (χ0v) is 15.7. The molecule has 0 saturated carbocycles. The molecule has 0 aliphatic rings. The van der Waals surface area contributed by atoms with Gasteiger partial charge >= 0.3 is 5.97 Å². The molecular formula is C19H24N4O4. The summed E-state index contributed by atoms with van der Waals surface area (Å²) >= 11 is 0. The van der Waals surface area contributed by atoms with Crippen LogP contribution in [-0.4, -0.2) is 42.0 Å². The van der Waals surface area contributed by atoms with Crippen LogP contribution in [0.2, 0.25) is 0 Å². The first-order valence-corrected chi connectivity index (χ1v) is 8.68. The van der Waals surface area contributed by atoms with E-state index in [1.54, 1.807) is 42.1 Å². The lowest BCUT2D eigenvalue weighted by molar-refractivity contribution is -0.125. The first-order valence-electron chi connectivity index (χ1n) is 8.68. The predicted octanol–water partition coefficient (Wildman–Crippen LogP) is 1.49. The van der Waals surface area contributed by atoms with Crippen LogP contribution in [0.15, 0.2) is 42.6 Å². The zero-order valence-electron chi connectivity index (χ0n) is 15.7. The van der Waals surface area contributed by atoms with Crippen molar-refractivity contribution < 1.29 is 19.1 Å². The Morgan fingerprint density at radius 3 is 2.26 bits per heavy atom. The molecule has 1 aromatic heterocycles. The number of aryl methyl sites for hydroxylation is 1. The lowest BCUT2D eigenvalue weighted by Gasteiger charge is -2.21. The van der Waals surface area contributed by atoms with Gasteiger partial charge in [0.2, 0.25) is 0 Å². The average Bonchev–Trinajstić information content (AvgIpc) is 3.11. The van der Waals surface area contributed by atoms with Gasteiger partial charge in [-0.15, -0.1) is 0 Å². The molecular weight excluding hydrogens is 348 g/mol. The van der Waals surface area contributed by atoms with Crippen LogP contribution in [0, 0.1) is 0 Å². The molecule has 0 atom stereocenters. The smallest absolute Gasteiger partial charge is 0.355 e. The lowest BCUT2D eigenvalue weighted by Crippen LogP contribution is -2.43. The van der Waals surface area contributed by atoms with E-state index in [0.29, 0.717) is 11.3 Å². The highest BCUT2D eigenvalue weighted by Crippen LogP contribution is 2.14. The number of hydrogen-bond acceptors (Lipinski definition) is 5. The molecule has 144 valence electrons. The summed E-state index contributed by atoms with van der Waals surface area (Å²) in [5.74, 6) is -1.70. The molecule has 1 heterocycles. The molecule has 8 heteroatoms. The molecule has 2 N–H and O–H groups in total. The summed E-state index contributed by atoms with van der Waals surface area (Å²) in [5.41, 5.74) is 6.28. The average molecular weight is 372 g/mol. The van der Waals surface area contributed by atoms with Crippen molar-refractivity contribution >= 4 is 23.5 Å². The number of anilines is 1. The van der Waals surface area contributed by atoms with Crippen LogP contribution in [0.3, 0.4) is 0 Å². The topological polar surface area (TPSA) is 92.7 Å². The fourth-order valence-electron chi connectivity index (χ4n) is 2.53. The maximum Gasteiger partial charge on any atom is 0.355 e. The SMILES string of the molecule is CCN(CC)c1ccc(C(=O)NNC(=O)COC(=O)c2cccn2C)cc1. The number of hydrogen-bond donors (Lipinski definition) is 2. The van der Waals surface area contributed by atoms with Crippen LogP contribution in [0.1, 0.15) is 34.7 Å². The summed E-state index contributed by atoms with van der Waals surface area (Å²) in [6, 6.07) is 10.4. The highest BCUT2D eigenvalue weighted by molar-refractivity contribution is 5.96. The molecule has 0 bridgehead atoms. The molecule has 0 unspecified atom stereocenters. The van der Waals surface area contributed by atoms with E-state index < -0.39 is 24.4 Å². The summed E-state index contributed by atoms with van der Waals surface area (Å²) in [7, 11) is 1.70. The third-order valence-electron chi connectivity index (χ3n) is 4.06. The fourth-order valence-corrected chi connectivity index (χ4v) is 2.53. The maximum atomic E-state index is 12.1. The first kappa shape index (κ1) is 20.0. The standard InChI is InChI=1S/C19H24N4O4/c1-4-23(5-2)15-10-8-14(9-11-15)18(25)21-20-17(24)13-27-19(26)16-7-6-12-22(16)3/h6-12H,4-5,13H2,1-3H3,(H,20,24)(H,21,25). The number of amides is 2. The minimum atomic E-state index is -0.634. The van der Waals surface area contributed by atoms with Gasteiger partial charge in [-0.1, -0.05) is 0 Å². The molecule has 0 aliphatic carbocycles. The highest BCUT2D eigenvalue weighted by Gasteiger charge is 2.13. The molecule has 8 nitrogen and oxygen atoms in total. The second kappa shape index (κ2) is 9.42. The molecule has 27 heavy (non-hydrogen) atoms. The van der Waals surface area contributed by atoms with Crippen LogP contribution in [-0.2, 0) is 16.6 Å². The minimum Gasteiger partial charge on any atom is -0.451 e. The number of aromatic nitrogens is 1. The molecule has 0 saturated heterocycles. The zero-order chi connectivity index (χ0) is 19.8. The van der Waals surface area contributed by atoms with Gasteiger partial charge in [-0.25, -0.2) is 4.79 Å². The number of rotatable bonds is 7. The van der Waals surface area contributed by atoms with E-state index in [1.165, 1.54) is 0 Å². The minimum absolute atomic E-state index is 0.333. The Morgan fingerprint density at radius 2 is 1.70 bits per heavy atom. The number of nitrogens with one attached hydrogen (secondary N) is 2. The van der Waals surface area contributed by atoms with Gasteiger partial charge in [0.1, 0.15) is 5.69 Å². The van der Waals surface area contributed by atoms with Crippen LogP contribution in [0.4, 0.5) is 5.69 Å². The summed E-state index contributed by atoms with van der Waals surface area (Å²) in [6.07, 6.45) is 1.70. The van der Waals surface area contributed by atoms with Gasteiger partial charge in [-0.05, 0) is 50.2 Å². The summed E-state index contributed by atoms with van der Waals surface area (Å²) < 4.78 is 6.49. The van der Waals surface area contributed by atoms with Crippen LogP contribution in [0.5, 0.6) is 0 Å². The van der Waals surface area contributed by atoms with Crippen LogP contribution in [0.25, 0.3) is 0 Å². The first-order chi connectivity index (χ1) is 13.0. The van der Waals surface area contributed by atoms with Crippen molar-refractivity contribution in [3.63, 3.8) is 0 Å². The number of hydrazine groups is 1. The number of esters is 1. The number of benzene rings is 1. The molecule has 1 aromatic carbocycles. The summed E-state index contributed by atoms with van der Waals surface area (Å²) in [5, 5.41) is 0. The van der Waals surface area contributed by atoms with Gasteiger partial charge in [0.15, 0.2) is 6.61 Å². The van der Waals surface area contributed by atoms with Crippen molar-refractivity contribution in [1.82, 2.24) is 15.4 Å². The Labute approximate surface area is 158 Å². The molecule has 0 aliphatic heterocycles. The van der Waals surface area contributed by atoms with Gasteiger partial charge in [0, 0.05) is 37.6 Å². The van der Waals surface area contributed by atoms with E-state index in [4.69, 9.17) is 4.74 Å². The number of carbonyl (C=O) groups excluding carboxylic acids is 3. The number of carbonyl (C=O) groups is 3. The largest absolute Gasteiger partial charge is 0.451 e. The predicted molar refractivity (Wildman–Crippen MR) is 101 cm³/mol. The molecule has 0 spiro atoms. The third-order valence-corrected chi connectivity index (χ3v) is 4.06. The highest BCUT2D eigenvalue weighted by atomic mass is 16.5. The van der Waals surface area contributed by atoms with Crippen molar-refractivity contribution in [2.24, 2.45) is 7.05 Å². The van der Waals surface area contributed by atoms with E-state index in [9.17, 15) is 14.4 Å². The summed E-state index contributed by atoms with van der Waals surface area (Å²) in [4.78, 5) is 37.8. The van der Waals surface area contributed by atoms with Crippen molar-refractivity contribution in [1.29, 1.82) is 0 Å². The summed E-state index contributed by atoms with van der Waals surface area (Å²) in [6.45, 7) is 5.37. The van der Waals surface area contributed by atoms with E-state index in [2.05, 4.69) is 29.6 Å². The Bertz CT molecular complexity index is 794. The second-order valence-corrected chi connectivity index (χ2v) is 5.80. The fraction of sp³-hybridized carbons (Fsp3) is 0.316. The molecule has 0 fully saturated rings. The Hall–Kier alpha value is -3.29. The molecule has 2 rings (SSSR count). The van der Waals surface area contributed by atoms with Gasteiger partial charge in [0.25, 0.3) is 11.8 Å². The number of nitrogens with zero attached hydrogens (tertiary/aromatic N) is 2. The Morgan fingerprint density at radius 1 is 1.04 bits per heavy atom. The molecule has 2 aromatic rings. The lowest BCUT2D eigenvalue weighted by atomic mass is 10.2. The van der Waals surface area contributed by atoms with Crippen LogP contribution < -0.4 is 15.8 Å². The second-order valence-electron chi connectivity index (χ2n) is 5.80. The third kappa shape index (κ3) is 5.34. The van der Waals surface area contributed by atoms with Crippen LogP contribution >= 0.6 is 0 Å². The van der Waals surface area contributed by atoms with Crippen molar-refractivity contribution in [2.75, 3.05) is 24.6 Å². The van der Waals surface area contributed by atoms with E-state index in [0.717, 1.165) is 18.8 Å². The van der Waals surface area contributed by atoms with Gasteiger partial charge < -0.3 is 14.2 Å². The molecule has 0 radical (unpaired) electrons. The van der Waals surface area contributed by atoms with E-state index in [1.807, 2.05) is 12.1 Å². The monoisotopic (exact) mass is 372 g/mol. The van der Waals surface area contributed by atoms with E-state index in [-0.39, 0.29) is 0 Å². The normalized spacial score (nSPS) is 10.2. The molecule has 2 amide bonds. The van der Waals surface area contributed by atoms with Crippen molar-refractivity contribution in [2.45, 2.75) is 13.8 Å². The van der Waals surface area contributed by atoms with Gasteiger partial charge in [-0.2, -0.15) is 0 Å².